The van der Waals surface area contributed by atoms with Crippen LogP contribution in [0.1, 0.15) is 61.1 Å². The Morgan fingerprint density at radius 2 is 1.78 bits per heavy atom. The Kier molecular flexibility index (Phi) is 6.88. The molecule has 8 nitrogen and oxygen atoms in total. The number of amides is 1. The van der Waals surface area contributed by atoms with Crippen LogP contribution < -0.4 is 20.4 Å². The van der Waals surface area contributed by atoms with Gasteiger partial charge in [0.05, 0.1) is 23.2 Å². The highest BCUT2D eigenvalue weighted by Crippen LogP contribution is 2.34. The third-order valence-corrected chi connectivity index (χ3v) is 7.26. The number of aryl methyl sites for hydroxylation is 1. The number of carbonyl (C=O) groups excluding carboxylic acids is 1. The molecule has 0 bridgehead atoms. The van der Waals surface area contributed by atoms with Gasteiger partial charge in [0.25, 0.3) is 5.91 Å². The number of para-hydroxylation sites is 1. The monoisotopic (exact) mass is 511 g/mol. The van der Waals surface area contributed by atoms with Crippen LogP contribution in [0.15, 0.2) is 51.7 Å². The van der Waals surface area contributed by atoms with Crippen molar-refractivity contribution in [1.29, 1.82) is 0 Å². The number of nitrogens with one attached hydrogen (secondary N) is 2. The van der Waals surface area contributed by atoms with E-state index in [1.165, 1.54) is 0 Å². The predicted octanol–water partition coefficient (Wildman–Crippen LogP) is 4.59. The second-order valence-corrected chi connectivity index (χ2v) is 12.2. The fourth-order valence-corrected chi connectivity index (χ4v) is 5.02. The number of rotatable bonds is 6. The largest absolute Gasteiger partial charge is 0.440 e. The van der Waals surface area contributed by atoms with Crippen LogP contribution in [0.3, 0.4) is 0 Å². The van der Waals surface area contributed by atoms with E-state index in [9.17, 15) is 18.0 Å². The molecule has 1 amide bonds. The van der Waals surface area contributed by atoms with Crippen molar-refractivity contribution in [3.05, 3.63) is 69.4 Å². The van der Waals surface area contributed by atoms with Gasteiger partial charge < -0.3 is 14.6 Å². The highest BCUT2D eigenvalue weighted by atomic mass is 32.2. The van der Waals surface area contributed by atoms with Gasteiger partial charge in [-0.2, -0.15) is 0 Å². The molecule has 192 valence electrons. The smallest absolute Gasteiger partial charge is 0.266 e. The van der Waals surface area contributed by atoms with E-state index >= 15 is 0 Å². The van der Waals surface area contributed by atoms with Crippen LogP contribution in [-0.4, -0.2) is 33.7 Å². The van der Waals surface area contributed by atoms with E-state index in [0.717, 1.165) is 43.3 Å². The molecule has 36 heavy (non-hydrogen) atoms. The third kappa shape index (κ3) is 5.73. The minimum Gasteiger partial charge on any atom is -0.440 e. The van der Waals surface area contributed by atoms with Gasteiger partial charge in [0.15, 0.2) is 11.3 Å². The quantitative estimate of drug-likeness (QED) is 0.498. The molecule has 1 atom stereocenters. The summed E-state index contributed by atoms with van der Waals surface area (Å²) in [5, 5.41) is 3.81. The number of carbonyl (C=O) groups is 1. The van der Waals surface area contributed by atoms with Crippen molar-refractivity contribution in [2.24, 2.45) is 5.41 Å². The molecule has 1 fully saturated rings. The van der Waals surface area contributed by atoms with E-state index in [1.807, 2.05) is 30.7 Å². The lowest BCUT2D eigenvalue weighted by molar-refractivity contribution is 0.0982. The molecular weight excluding hydrogens is 478 g/mol. The molecule has 0 radical (unpaired) electrons. The number of benzene rings is 2. The summed E-state index contributed by atoms with van der Waals surface area (Å²) >= 11 is 0. The molecule has 2 aromatic carbocycles. The molecule has 2 heterocycles. The molecule has 0 aliphatic carbocycles. The zero-order valence-electron chi connectivity index (χ0n) is 21.3. The lowest BCUT2D eigenvalue weighted by Crippen LogP contribution is -2.37. The van der Waals surface area contributed by atoms with E-state index in [-0.39, 0.29) is 22.4 Å². The number of anilines is 2. The van der Waals surface area contributed by atoms with Crippen LogP contribution in [0.2, 0.25) is 0 Å². The zero-order chi connectivity index (χ0) is 26.3. The molecule has 1 saturated heterocycles. The van der Waals surface area contributed by atoms with Crippen molar-refractivity contribution < 1.29 is 17.6 Å². The fraction of sp³-hybridized carbons (Fsp3) is 0.407. The summed E-state index contributed by atoms with van der Waals surface area (Å²) in [5.74, 6) is -0.156. The first-order valence-corrected chi connectivity index (χ1v) is 13.9. The second-order valence-electron chi connectivity index (χ2n) is 10.4. The summed E-state index contributed by atoms with van der Waals surface area (Å²) in [4.78, 5) is 27.8. The van der Waals surface area contributed by atoms with E-state index in [4.69, 9.17) is 4.42 Å². The van der Waals surface area contributed by atoms with Gasteiger partial charge in [-0.15, -0.1) is 0 Å². The summed E-state index contributed by atoms with van der Waals surface area (Å²) in [5.41, 5.74) is 3.04. The average Bonchev–Trinajstić information content (AvgIpc) is 2.78. The molecule has 0 saturated carbocycles. The Morgan fingerprint density at radius 3 is 2.44 bits per heavy atom. The van der Waals surface area contributed by atoms with Crippen LogP contribution >= 0.6 is 0 Å². The highest BCUT2D eigenvalue weighted by Gasteiger charge is 2.27. The Labute approximate surface area is 211 Å². The van der Waals surface area contributed by atoms with Crippen molar-refractivity contribution in [2.75, 3.05) is 29.6 Å². The van der Waals surface area contributed by atoms with Gasteiger partial charge in [0, 0.05) is 30.4 Å². The van der Waals surface area contributed by atoms with Crippen LogP contribution in [-0.2, 0) is 10.0 Å². The Balaban J connectivity index is 1.71. The number of hydrogen-bond acceptors (Lipinski definition) is 7. The molecule has 1 aliphatic heterocycles. The molecular formula is C27H33N3O5S. The molecule has 1 unspecified atom stereocenters. The number of piperidine rings is 1. The van der Waals surface area contributed by atoms with Gasteiger partial charge in [0.2, 0.25) is 10.0 Å². The lowest BCUT2D eigenvalue weighted by Gasteiger charge is -2.37. The van der Waals surface area contributed by atoms with Gasteiger partial charge in [-0.3, -0.25) is 9.59 Å². The SMILES string of the molecule is Cc1cc(C(C)Nc2ccccc2C(=O)NS(C)(=O)=O)c2oc(N3CCC(C)(C)CC3)cc(=O)c2c1. The minimum atomic E-state index is -3.71. The van der Waals surface area contributed by atoms with Crippen molar-refractivity contribution in [2.45, 2.75) is 46.6 Å². The van der Waals surface area contributed by atoms with Crippen molar-refractivity contribution in [3.63, 3.8) is 0 Å². The van der Waals surface area contributed by atoms with Crippen molar-refractivity contribution >= 4 is 38.5 Å². The van der Waals surface area contributed by atoms with Crippen LogP contribution in [0.25, 0.3) is 11.0 Å². The normalized spacial score (nSPS) is 16.5. The Hall–Kier alpha value is -3.33. The number of nitrogens with zero attached hydrogens (tertiary/aromatic N) is 1. The maximum atomic E-state index is 13.1. The van der Waals surface area contributed by atoms with E-state index in [0.29, 0.717) is 22.5 Å². The van der Waals surface area contributed by atoms with Gasteiger partial charge in [-0.1, -0.05) is 32.0 Å². The van der Waals surface area contributed by atoms with Gasteiger partial charge >= 0.3 is 0 Å². The number of fused-ring (bicyclic) bond motifs is 1. The summed E-state index contributed by atoms with van der Waals surface area (Å²) in [6, 6.07) is 11.7. The Morgan fingerprint density at radius 1 is 1.11 bits per heavy atom. The number of hydrogen-bond donors (Lipinski definition) is 2. The minimum absolute atomic E-state index is 0.0961. The van der Waals surface area contributed by atoms with Crippen LogP contribution in [0.5, 0.6) is 0 Å². The standard InChI is InChI=1S/C27H33N3O5S/c1-17-14-20(18(2)28-22-9-7-6-8-19(22)26(32)29-36(5,33)34)25-21(15-17)23(31)16-24(35-25)30-12-10-27(3,4)11-13-30/h6-9,14-16,18,28H,10-13H2,1-5H3,(H,29,32). The van der Waals surface area contributed by atoms with Gasteiger partial charge in [-0.05, 0) is 55.9 Å². The molecule has 1 aliphatic rings. The predicted molar refractivity (Wildman–Crippen MR) is 143 cm³/mol. The van der Waals surface area contributed by atoms with Crippen molar-refractivity contribution in [1.82, 2.24) is 4.72 Å². The molecule has 2 N–H and O–H groups in total. The zero-order valence-corrected chi connectivity index (χ0v) is 22.2. The fourth-order valence-electron chi connectivity index (χ4n) is 4.57. The van der Waals surface area contributed by atoms with Crippen LogP contribution in [0, 0.1) is 12.3 Å². The average molecular weight is 512 g/mol. The van der Waals surface area contributed by atoms with Gasteiger partial charge in [-0.25, -0.2) is 13.1 Å². The Bertz CT molecular complexity index is 1470. The topological polar surface area (TPSA) is 109 Å². The van der Waals surface area contributed by atoms with E-state index in [2.05, 4.69) is 24.1 Å². The maximum Gasteiger partial charge on any atom is 0.266 e. The van der Waals surface area contributed by atoms with Crippen molar-refractivity contribution in [3.8, 4) is 0 Å². The third-order valence-electron chi connectivity index (χ3n) is 6.71. The first-order chi connectivity index (χ1) is 16.8. The first-order valence-electron chi connectivity index (χ1n) is 12.0. The summed E-state index contributed by atoms with van der Waals surface area (Å²) in [6.45, 7) is 9.98. The summed E-state index contributed by atoms with van der Waals surface area (Å²) in [7, 11) is -3.71. The second kappa shape index (κ2) is 9.61. The number of sulfonamides is 1. The molecule has 4 rings (SSSR count). The highest BCUT2D eigenvalue weighted by molar-refractivity contribution is 7.89. The molecule has 3 aromatic rings. The lowest BCUT2D eigenvalue weighted by atomic mass is 9.83. The maximum absolute atomic E-state index is 13.1. The molecule has 1 aromatic heterocycles. The first kappa shape index (κ1) is 25.8. The summed E-state index contributed by atoms with van der Waals surface area (Å²) < 4.78 is 31.5. The van der Waals surface area contributed by atoms with Gasteiger partial charge in [0.1, 0.15) is 5.58 Å². The summed E-state index contributed by atoms with van der Waals surface area (Å²) in [6.07, 6.45) is 2.96. The molecule has 9 heteroatoms. The van der Waals surface area contributed by atoms with E-state index in [1.54, 1.807) is 30.3 Å². The van der Waals surface area contributed by atoms with E-state index < -0.39 is 15.9 Å². The molecule has 0 spiro atoms. The van der Waals surface area contributed by atoms with Crippen LogP contribution in [0.4, 0.5) is 11.6 Å².